The number of benzene rings is 2. The smallest absolute Gasteiger partial charge is 0.264 e. The molecular weight excluding hydrogens is 424 g/mol. The van der Waals surface area contributed by atoms with Crippen LogP contribution < -0.4 is 14.2 Å². The first-order chi connectivity index (χ1) is 10.4. The first-order valence-corrected chi connectivity index (χ1v) is 8.63. The average molecular weight is 437 g/mol. The van der Waals surface area contributed by atoms with E-state index in [4.69, 9.17) is 9.47 Å². The number of anilines is 1. The van der Waals surface area contributed by atoms with Gasteiger partial charge >= 0.3 is 0 Å². The lowest BCUT2D eigenvalue weighted by atomic mass is 10.3. The first-order valence-electron chi connectivity index (χ1n) is 6.07. The summed E-state index contributed by atoms with van der Waals surface area (Å²) >= 11 is 2.05. The van der Waals surface area contributed by atoms with Crippen molar-refractivity contribution < 1.29 is 22.3 Å². The number of sulfonamides is 1. The number of ether oxygens (including phenoxy) is 2. The highest BCUT2D eigenvalue weighted by Crippen LogP contribution is 2.32. The Morgan fingerprint density at radius 1 is 1.09 bits per heavy atom. The summed E-state index contributed by atoms with van der Waals surface area (Å²) in [5.74, 6) is -0.670. The molecule has 0 amide bonds. The maximum atomic E-state index is 14.1. The van der Waals surface area contributed by atoms with Crippen LogP contribution in [0.1, 0.15) is 0 Å². The molecule has 0 aliphatic rings. The molecule has 0 aliphatic heterocycles. The van der Waals surface area contributed by atoms with Gasteiger partial charge in [-0.15, -0.1) is 0 Å². The second-order valence-electron chi connectivity index (χ2n) is 4.25. The molecule has 0 aliphatic carbocycles. The van der Waals surface area contributed by atoms with E-state index < -0.39 is 20.7 Å². The normalized spacial score (nSPS) is 11.1. The summed E-state index contributed by atoms with van der Waals surface area (Å²) in [5.41, 5.74) is 0.348. The fourth-order valence-corrected chi connectivity index (χ4v) is 3.47. The zero-order valence-electron chi connectivity index (χ0n) is 11.8. The molecule has 118 valence electrons. The van der Waals surface area contributed by atoms with Gasteiger partial charge in [-0.3, -0.25) is 4.72 Å². The highest BCUT2D eigenvalue weighted by molar-refractivity contribution is 14.1. The topological polar surface area (TPSA) is 64.6 Å². The van der Waals surface area contributed by atoms with Gasteiger partial charge in [-0.25, -0.2) is 12.8 Å². The summed E-state index contributed by atoms with van der Waals surface area (Å²) in [6.45, 7) is 0. The molecule has 0 spiro atoms. The van der Waals surface area contributed by atoms with Crippen LogP contribution in [0.5, 0.6) is 11.5 Å². The minimum atomic E-state index is -4.08. The van der Waals surface area contributed by atoms with Gasteiger partial charge in [0.1, 0.15) is 10.7 Å². The Bertz CT molecular complexity index is 795. The van der Waals surface area contributed by atoms with Crippen molar-refractivity contribution in [2.75, 3.05) is 18.9 Å². The summed E-state index contributed by atoms with van der Waals surface area (Å²) < 4.78 is 51.9. The lowest BCUT2D eigenvalue weighted by molar-refractivity contribution is 0.350. The highest BCUT2D eigenvalue weighted by atomic mass is 127. The quantitative estimate of drug-likeness (QED) is 0.730. The molecule has 0 saturated heterocycles. The Labute approximate surface area is 141 Å². The third-order valence-corrected chi connectivity index (χ3v) is 4.87. The molecule has 0 unspecified atom stereocenters. The molecular formula is C14H13FINO4S. The number of hydrogen-bond donors (Lipinski definition) is 1. The van der Waals surface area contributed by atoms with Crippen molar-refractivity contribution in [2.24, 2.45) is 0 Å². The van der Waals surface area contributed by atoms with Crippen molar-refractivity contribution in [3.63, 3.8) is 0 Å². The molecule has 8 heteroatoms. The van der Waals surface area contributed by atoms with Crippen LogP contribution in [0.3, 0.4) is 0 Å². The van der Waals surface area contributed by atoms with Gasteiger partial charge in [0.05, 0.1) is 14.2 Å². The van der Waals surface area contributed by atoms with Gasteiger partial charge in [0.25, 0.3) is 10.0 Å². The van der Waals surface area contributed by atoms with Crippen molar-refractivity contribution in [2.45, 2.75) is 4.90 Å². The summed E-state index contributed by atoms with van der Waals surface area (Å²) in [7, 11) is -1.39. The maximum Gasteiger partial charge on any atom is 0.264 e. The van der Waals surface area contributed by atoms with Crippen molar-refractivity contribution in [1.29, 1.82) is 0 Å². The first kappa shape index (κ1) is 16.8. The Morgan fingerprint density at radius 2 is 1.73 bits per heavy atom. The Balaban J connectivity index is 2.45. The molecule has 2 aromatic carbocycles. The largest absolute Gasteiger partial charge is 0.493 e. The SMILES string of the molecule is COc1cc(F)c(S(=O)(=O)Nc2cccc(I)c2)cc1OC. The number of halogens is 2. The standard InChI is InChI=1S/C14H13FINO4S/c1-20-12-7-11(15)14(8-13(12)21-2)22(18,19)17-10-5-3-4-9(16)6-10/h3-8,17H,1-2H3. The summed E-state index contributed by atoms with van der Waals surface area (Å²) in [5, 5.41) is 0. The maximum absolute atomic E-state index is 14.1. The fraction of sp³-hybridized carbons (Fsp3) is 0.143. The molecule has 0 saturated carbocycles. The van der Waals surface area contributed by atoms with E-state index in [0.717, 1.165) is 15.7 Å². The lowest BCUT2D eigenvalue weighted by Crippen LogP contribution is -2.15. The molecule has 0 atom stereocenters. The van der Waals surface area contributed by atoms with E-state index in [0.29, 0.717) is 5.69 Å². The predicted octanol–water partition coefficient (Wildman–Crippen LogP) is 3.25. The van der Waals surface area contributed by atoms with E-state index in [1.807, 2.05) is 6.07 Å². The molecule has 0 aromatic heterocycles. The third kappa shape index (κ3) is 3.61. The van der Waals surface area contributed by atoms with Crippen LogP contribution in [0, 0.1) is 9.39 Å². The zero-order valence-corrected chi connectivity index (χ0v) is 14.7. The number of hydrogen-bond acceptors (Lipinski definition) is 4. The molecule has 2 aromatic rings. The van der Waals surface area contributed by atoms with Gasteiger partial charge in [-0.1, -0.05) is 6.07 Å². The molecule has 1 N–H and O–H groups in total. The van der Waals surface area contributed by atoms with Crippen LogP contribution in [-0.4, -0.2) is 22.6 Å². The highest BCUT2D eigenvalue weighted by Gasteiger charge is 2.22. The Hall–Kier alpha value is -1.55. The third-order valence-electron chi connectivity index (χ3n) is 2.80. The molecule has 0 radical (unpaired) electrons. The van der Waals surface area contributed by atoms with E-state index in [1.165, 1.54) is 14.2 Å². The van der Waals surface area contributed by atoms with Gasteiger partial charge in [-0.2, -0.15) is 0 Å². The van der Waals surface area contributed by atoms with Gasteiger partial charge in [-0.05, 0) is 40.8 Å². The Kier molecular flexibility index (Phi) is 5.12. The van der Waals surface area contributed by atoms with Crippen molar-refractivity contribution >= 4 is 38.3 Å². The van der Waals surface area contributed by atoms with E-state index >= 15 is 0 Å². The van der Waals surface area contributed by atoms with Crippen LogP contribution in [0.25, 0.3) is 0 Å². The second-order valence-corrected chi connectivity index (χ2v) is 7.15. The van der Waals surface area contributed by atoms with Crippen molar-refractivity contribution in [3.05, 3.63) is 45.8 Å². The number of rotatable bonds is 5. The van der Waals surface area contributed by atoms with Crippen LogP contribution in [0.4, 0.5) is 10.1 Å². The second kappa shape index (κ2) is 6.69. The molecule has 0 bridgehead atoms. The van der Waals surface area contributed by atoms with Gasteiger partial charge in [0.2, 0.25) is 0 Å². The van der Waals surface area contributed by atoms with E-state index in [1.54, 1.807) is 18.2 Å². The summed E-state index contributed by atoms with van der Waals surface area (Å²) in [6, 6.07) is 8.79. The van der Waals surface area contributed by atoms with Crippen LogP contribution in [0.2, 0.25) is 0 Å². The number of methoxy groups -OCH3 is 2. The molecule has 0 heterocycles. The monoisotopic (exact) mass is 437 g/mol. The minimum Gasteiger partial charge on any atom is -0.493 e. The van der Waals surface area contributed by atoms with Gasteiger partial charge < -0.3 is 9.47 Å². The molecule has 0 fully saturated rings. The fourth-order valence-electron chi connectivity index (χ4n) is 1.80. The zero-order chi connectivity index (χ0) is 16.3. The minimum absolute atomic E-state index is 0.119. The van der Waals surface area contributed by atoms with E-state index in [-0.39, 0.29) is 11.5 Å². The number of nitrogens with one attached hydrogen (secondary N) is 1. The van der Waals surface area contributed by atoms with Crippen LogP contribution in [-0.2, 0) is 10.0 Å². The summed E-state index contributed by atoms with van der Waals surface area (Å²) in [6.07, 6.45) is 0. The summed E-state index contributed by atoms with van der Waals surface area (Å²) in [4.78, 5) is -0.510. The lowest BCUT2D eigenvalue weighted by Gasteiger charge is -2.13. The van der Waals surface area contributed by atoms with E-state index in [2.05, 4.69) is 27.3 Å². The molecule has 22 heavy (non-hydrogen) atoms. The van der Waals surface area contributed by atoms with Crippen LogP contribution >= 0.6 is 22.6 Å². The molecule has 5 nitrogen and oxygen atoms in total. The average Bonchev–Trinajstić information content (AvgIpc) is 2.46. The van der Waals surface area contributed by atoms with Gasteiger partial charge in [0, 0.05) is 21.4 Å². The van der Waals surface area contributed by atoms with E-state index in [9.17, 15) is 12.8 Å². The molecule has 2 rings (SSSR count). The van der Waals surface area contributed by atoms with Crippen molar-refractivity contribution in [3.8, 4) is 11.5 Å². The predicted molar refractivity (Wildman–Crippen MR) is 89.5 cm³/mol. The van der Waals surface area contributed by atoms with Gasteiger partial charge in [0.15, 0.2) is 11.5 Å². The Morgan fingerprint density at radius 3 is 2.32 bits per heavy atom. The van der Waals surface area contributed by atoms with Crippen molar-refractivity contribution in [1.82, 2.24) is 0 Å². The van der Waals surface area contributed by atoms with Crippen LogP contribution in [0.15, 0.2) is 41.3 Å².